The van der Waals surface area contributed by atoms with Gasteiger partial charge in [0.2, 0.25) is 5.78 Å². The van der Waals surface area contributed by atoms with Crippen molar-refractivity contribution in [2.75, 3.05) is 0 Å². The van der Waals surface area contributed by atoms with Crippen LogP contribution in [0.4, 0.5) is 0 Å². The maximum absolute atomic E-state index is 13.1. The van der Waals surface area contributed by atoms with Gasteiger partial charge in [-0.1, -0.05) is 93.3 Å². The highest BCUT2D eigenvalue weighted by molar-refractivity contribution is 6.33. The number of rotatable bonds is 10. The Labute approximate surface area is 160 Å². The van der Waals surface area contributed by atoms with E-state index in [0.29, 0.717) is 17.7 Å². The van der Waals surface area contributed by atoms with Crippen LogP contribution in [0.25, 0.3) is 0 Å². The van der Waals surface area contributed by atoms with Crippen molar-refractivity contribution in [1.29, 1.82) is 0 Å². The summed E-state index contributed by atoms with van der Waals surface area (Å²) in [5.74, 6) is -0.660. The van der Waals surface area contributed by atoms with Crippen LogP contribution in [0.1, 0.15) is 61.4 Å². The molecule has 4 nitrogen and oxygen atoms in total. The number of ether oxygens (including phenoxy) is 1. The van der Waals surface area contributed by atoms with Gasteiger partial charge >= 0.3 is 11.7 Å². The van der Waals surface area contributed by atoms with Gasteiger partial charge in [-0.2, -0.15) is 0 Å². The monoisotopic (exact) mass is 363 g/mol. The Morgan fingerprint density at radius 3 is 2.19 bits per heavy atom. The van der Waals surface area contributed by atoms with E-state index >= 15 is 0 Å². The maximum atomic E-state index is 13.1. The van der Waals surface area contributed by atoms with Gasteiger partial charge < -0.3 is 4.74 Å². The third kappa shape index (κ3) is 4.51. The molecule has 1 aliphatic heterocycles. The first-order valence-corrected chi connectivity index (χ1v) is 9.65. The lowest BCUT2D eigenvalue weighted by atomic mass is 9.99. The van der Waals surface area contributed by atoms with Gasteiger partial charge in [-0.25, -0.2) is 4.99 Å². The molecule has 2 aromatic carbocycles. The molecule has 1 heterocycles. The maximum Gasteiger partial charge on any atom is 0.310 e. The van der Waals surface area contributed by atoms with Crippen molar-refractivity contribution in [2.45, 2.75) is 51.2 Å². The van der Waals surface area contributed by atoms with Crippen molar-refractivity contribution in [3.8, 4) is 0 Å². The van der Waals surface area contributed by atoms with E-state index in [1.54, 1.807) is 24.3 Å². The number of hydrogen-bond acceptors (Lipinski definition) is 4. The van der Waals surface area contributed by atoms with Crippen LogP contribution in [0, 0.1) is 0 Å². The van der Waals surface area contributed by atoms with E-state index in [-0.39, 0.29) is 11.8 Å². The van der Waals surface area contributed by atoms with Gasteiger partial charge in [-0.3, -0.25) is 9.59 Å². The zero-order valence-electron chi connectivity index (χ0n) is 15.7. The number of hydrogen-bond donors (Lipinski definition) is 0. The fourth-order valence-electron chi connectivity index (χ4n) is 3.14. The minimum Gasteiger partial charge on any atom is -0.423 e. The number of carbonyl (C=O) groups excluding carboxylic acids is 2. The fraction of sp³-hybridized carbons (Fsp3) is 0.348. The first kappa shape index (κ1) is 19.0. The molecule has 1 aliphatic rings. The summed E-state index contributed by atoms with van der Waals surface area (Å²) in [6, 6.07) is 18.3. The summed E-state index contributed by atoms with van der Waals surface area (Å²) in [4.78, 5) is 29.8. The van der Waals surface area contributed by atoms with E-state index < -0.39 is 5.72 Å². The van der Waals surface area contributed by atoms with Crippen molar-refractivity contribution in [3.05, 3.63) is 71.8 Å². The van der Waals surface area contributed by atoms with Crippen LogP contribution >= 0.6 is 0 Å². The molecule has 1 unspecified atom stereocenters. The summed E-state index contributed by atoms with van der Waals surface area (Å²) in [5, 5.41) is 0. The van der Waals surface area contributed by atoms with Gasteiger partial charge in [0.15, 0.2) is 0 Å². The van der Waals surface area contributed by atoms with Crippen LogP contribution in [0.15, 0.2) is 65.7 Å². The topological polar surface area (TPSA) is 55.7 Å². The highest BCUT2D eigenvalue weighted by Gasteiger charge is 2.58. The number of aliphatic imine (C=N–C) groups is 1. The molecule has 140 valence electrons. The summed E-state index contributed by atoms with van der Waals surface area (Å²) in [6.45, 7) is 2.16. The van der Waals surface area contributed by atoms with Crippen LogP contribution in [-0.2, 0) is 9.53 Å². The Kier molecular flexibility index (Phi) is 6.17. The molecule has 0 fully saturated rings. The van der Waals surface area contributed by atoms with Crippen LogP contribution in [0.2, 0.25) is 0 Å². The minimum atomic E-state index is -1.50. The first-order chi connectivity index (χ1) is 13.2. The molecule has 27 heavy (non-hydrogen) atoms. The summed E-state index contributed by atoms with van der Waals surface area (Å²) >= 11 is 0. The number of ketones is 1. The lowest BCUT2D eigenvalue weighted by molar-refractivity contribution is -0.148. The molecular weight excluding hydrogens is 338 g/mol. The van der Waals surface area contributed by atoms with Crippen molar-refractivity contribution < 1.29 is 14.3 Å². The van der Waals surface area contributed by atoms with Gasteiger partial charge in [-0.15, -0.1) is 0 Å². The highest BCUT2D eigenvalue weighted by atomic mass is 16.6. The van der Waals surface area contributed by atoms with Gasteiger partial charge in [0, 0.05) is 17.5 Å². The fourth-order valence-corrected chi connectivity index (χ4v) is 3.14. The van der Waals surface area contributed by atoms with E-state index in [4.69, 9.17) is 4.74 Å². The Morgan fingerprint density at radius 1 is 0.889 bits per heavy atom. The average Bonchev–Trinajstić information content (AvgIpc) is 3.43. The summed E-state index contributed by atoms with van der Waals surface area (Å²) in [7, 11) is 0. The molecular formula is C23H25NO3. The smallest absolute Gasteiger partial charge is 0.310 e. The van der Waals surface area contributed by atoms with Gasteiger partial charge in [-0.05, 0) is 6.42 Å². The largest absolute Gasteiger partial charge is 0.423 e. The van der Waals surface area contributed by atoms with Crippen molar-refractivity contribution in [1.82, 2.24) is 0 Å². The average molecular weight is 363 g/mol. The van der Waals surface area contributed by atoms with Crippen molar-refractivity contribution in [3.63, 3.8) is 0 Å². The van der Waals surface area contributed by atoms with Gasteiger partial charge in [0.1, 0.15) is 5.71 Å². The van der Waals surface area contributed by atoms with E-state index in [2.05, 4.69) is 11.9 Å². The molecule has 4 heteroatoms. The third-order valence-corrected chi connectivity index (χ3v) is 4.68. The molecule has 0 radical (unpaired) electrons. The van der Waals surface area contributed by atoms with E-state index in [0.717, 1.165) is 31.2 Å². The molecule has 3 rings (SSSR count). The summed E-state index contributed by atoms with van der Waals surface area (Å²) in [6.07, 6.45) is 5.53. The normalized spacial score (nSPS) is 17.9. The Bertz CT molecular complexity index is 814. The van der Waals surface area contributed by atoms with E-state index in [1.165, 1.54) is 6.42 Å². The number of esters is 1. The van der Waals surface area contributed by atoms with Crippen molar-refractivity contribution >= 4 is 17.5 Å². The molecule has 0 saturated heterocycles. The first-order valence-electron chi connectivity index (χ1n) is 9.65. The Hall–Kier alpha value is -2.75. The third-order valence-electron chi connectivity index (χ3n) is 4.68. The van der Waals surface area contributed by atoms with Gasteiger partial charge in [0.05, 0.1) is 0 Å². The summed E-state index contributed by atoms with van der Waals surface area (Å²) in [5.41, 5.74) is 0.320. The molecule has 0 spiro atoms. The molecule has 0 bridgehead atoms. The van der Waals surface area contributed by atoms with Crippen molar-refractivity contribution in [2.24, 2.45) is 4.99 Å². The Balaban J connectivity index is 1.71. The second-order valence-corrected chi connectivity index (χ2v) is 6.80. The standard InChI is InChI=1S/C23H25NO3/c1-2-3-4-5-12-17-20(25)27-23(22(26)19-15-10-7-11-16-19)21(24-23)18-13-8-6-9-14-18/h6-11,13-16H,2-5,12,17H2,1H3. The lowest BCUT2D eigenvalue weighted by Gasteiger charge is -2.16. The number of benzene rings is 2. The molecule has 0 amide bonds. The SMILES string of the molecule is CCCCCCCC(=O)OC1(C(=O)c2ccccc2)N=C1c1ccccc1. The van der Waals surface area contributed by atoms with E-state index in [9.17, 15) is 9.59 Å². The number of Topliss-reactive ketones (excluding diaryl/α,β-unsaturated/α-hetero) is 1. The molecule has 0 N–H and O–H groups in total. The predicted octanol–water partition coefficient (Wildman–Crippen LogP) is 4.97. The quantitative estimate of drug-likeness (QED) is 0.340. The van der Waals surface area contributed by atoms with Crippen LogP contribution in [0.3, 0.4) is 0 Å². The number of nitrogens with zero attached hydrogens (tertiary/aromatic N) is 1. The predicted molar refractivity (Wildman–Crippen MR) is 106 cm³/mol. The van der Waals surface area contributed by atoms with Gasteiger partial charge in [0.25, 0.3) is 0 Å². The van der Waals surface area contributed by atoms with Crippen LogP contribution in [0.5, 0.6) is 0 Å². The molecule has 2 aromatic rings. The second-order valence-electron chi connectivity index (χ2n) is 6.80. The molecule has 1 atom stereocenters. The van der Waals surface area contributed by atoms with E-state index in [1.807, 2.05) is 36.4 Å². The van der Waals surface area contributed by atoms with Crippen LogP contribution in [-0.4, -0.2) is 23.2 Å². The lowest BCUT2D eigenvalue weighted by Crippen LogP contribution is -2.36. The number of unbranched alkanes of at least 4 members (excludes halogenated alkanes) is 4. The number of carbonyl (C=O) groups is 2. The summed E-state index contributed by atoms with van der Waals surface area (Å²) < 4.78 is 5.65. The zero-order valence-corrected chi connectivity index (χ0v) is 15.7. The second kappa shape index (κ2) is 8.76. The minimum absolute atomic E-state index is 0.290. The molecule has 0 aliphatic carbocycles. The zero-order chi connectivity index (χ0) is 19.1. The molecule has 0 aromatic heterocycles. The Morgan fingerprint density at radius 2 is 1.52 bits per heavy atom. The molecule has 0 saturated carbocycles. The highest BCUT2D eigenvalue weighted by Crippen LogP contribution is 2.37. The van der Waals surface area contributed by atoms with Crippen LogP contribution < -0.4 is 0 Å².